The molecule has 0 amide bonds. The maximum absolute atomic E-state index is 3.62. The van der Waals surface area contributed by atoms with E-state index in [0.29, 0.717) is 6.04 Å². The van der Waals surface area contributed by atoms with Crippen LogP contribution in [0, 0.1) is 5.92 Å². The summed E-state index contributed by atoms with van der Waals surface area (Å²) in [5.74, 6) is 0.729. The molecule has 0 radical (unpaired) electrons. The van der Waals surface area contributed by atoms with Gasteiger partial charge in [0, 0.05) is 51.4 Å². The minimum absolute atomic E-state index is 0.631. The van der Waals surface area contributed by atoms with E-state index in [0.717, 1.165) is 18.5 Å². The van der Waals surface area contributed by atoms with Gasteiger partial charge in [0.25, 0.3) is 0 Å². The van der Waals surface area contributed by atoms with E-state index in [9.17, 15) is 0 Å². The molecular formula is C15H33N3. The summed E-state index contributed by atoms with van der Waals surface area (Å²) in [5.41, 5.74) is 0. The molecule has 0 bridgehead atoms. The van der Waals surface area contributed by atoms with Crippen LogP contribution in [0.1, 0.15) is 41.0 Å². The van der Waals surface area contributed by atoms with Gasteiger partial charge in [-0.05, 0) is 26.2 Å². The molecule has 1 rings (SSSR count). The zero-order valence-corrected chi connectivity index (χ0v) is 13.1. The summed E-state index contributed by atoms with van der Waals surface area (Å²) in [6.07, 6.45) is 1.27. The van der Waals surface area contributed by atoms with E-state index in [1.165, 1.54) is 39.1 Å². The lowest BCUT2D eigenvalue weighted by Gasteiger charge is -2.38. The molecule has 1 N–H and O–H groups in total. The van der Waals surface area contributed by atoms with Gasteiger partial charge in [-0.25, -0.2) is 0 Å². The molecule has 0 aromatic rings. The molecule has 0 aliphatic carbocycles. The molecule has 108 valence electrons. The van der Waals surface area contributed by atoms with E-state index < -0.39 is 0 Å². The molecule has 3 nitrogen and oxygen atoms in total. The van der Waals surface area contributed by atoms with Gasteiger partial charge in [-0.15, -0.1) is 0 Å². The van der Waals surface area contributed by atoms with Crippen molar-refractivity contribution in [1.29, 1.82) is 0 Å². The second-order valence-corrected chi connectivity index (χ2v) is 6.12. The van der Waals surface area contributed by atoms with Crippen LogP contribution in [0.25, 0.3) is 0 Å². The Hall–Kier alpha value is -0.120. The Morgan fingerprint density at radius 3 is 2.11 bits per heavy atom. The van der Waals surface area contributed by atoms with Crippen molar-refractivity contribution in [1.82, 2.24) is 15.1 Å². The maximum Gasteiger partial charge on any atom is 0.0113 e. The first-order valence-corrected chi connectivity index (χ1v) is 7.74. The average molecular weight is 255 g/mol. The van der Waals surface area contributed by atoms with Crippen molar-refractivity contribution in [3.63, 3.8) is 0 Å². The molecule has 2 unspecified atom stereocenters. The average Bonchev–Trinajstić information content (AvgIpc) is 2.38. The van der Waals surface area contributed by atoms with Crippen molar-refractivity contribution < 1.29 is 0 Å². The molecule has 2 atom stereocenters. The fraction of sp³-hybridized carbons (Fsp3) is 1.00. The van der Waals surface area contributed by atoms with E-state index in [2.05, 4.69) is 49.7 Å². The first-order valence-electron chi connectivity index (χ1n) is 7.74. The largest absolute Gasteiger partial charge is 0.313 e. The Morgan fingerprint density at radius 2 is 1.61 bits per heavy atom. The predicted molar refractivity (Wildman–Crippen MR) is 80.1 cm³/mol. The second kappa shape index (κ2) is 8.13. The van der Waals surface area contributed by atoms with Crippen molar-refractivity contribution in [3.8, 4) is 0 Å². The summed E-state index contributed by atoms with van der Waals surface area (Å²) in [6, 6.07) is 1.39. The molecule has 1 aliphatic heterocycles. The summed E-state index contributed by atoms with van der Waals surface area (Å²) in [5, 5.41) is 3.62. The van der Waals surface area contributed by atoms with Gasteiger partial charge in [0.15, 0.2) is 0 Å². The van der Waals surface area contributed by atoms with Crippen LogP contribution in [0.15, 0.2) is 0 Å². The molecule has 0 spiro atoms. The van der Waals surface area contributed by atoms with Gasteiger partial charge in [0.2, 0.25) is 0 Å². The van der Waals surface area contributed by atoms with Gasteiger partial charge in [0.1, 0.15) is 0 Å². The molecule has 1 fully saturated rings. The van der Waals surface area contributed by atoms with Gasteiger partial charge in [-0.2, -0.15) is 0 Å². The van der Waals surface area contributed by atoms with Crippen molar-refractivity contribution in [3.05, 3.63) is 0 Å². The SMILES string of the molecule is CCC(C)N1CCN(CCNC(C)C(C)C)CC1. The van der Waals surface area contributed by atoms with Crippen LogP contribution in [-0.4, -0.2) is 61.2 Å². The van der Waals surface area contributed by atoms with E-state index in [4.69, 9.17) is 0 Å². The summed E-state index contributed by atoms with van der Waals surface area (Å²) >= 11 is 0. The standard InChI is InChI=1S/C15H33N3/c1-6-14(4)18-11-9-17(10-12-18)8-7-16-15(5)13(2)3/h13-16H,6-12H2,1-5H3. The molecular weight excluding hydrogens is 222 g/mol. The van der Waals surface area contributed by atoms with E-state index in [-0.39, 0.29) is 0 Å². The molecule has 1 heterocycles. The lowest BCUT2D eigenvalue weighted by atomic mass is 10.1. The van der Waals surface area contributed by atoms with Crippen LogP contribution in [0.3, 0.4) is 0 Å². The zero-order chi connectivity index (χ0) is 13.5. The van der Waals surface area contributed by atoms with Crippen LogP contribution in [0.2, 0.25) is 0 Å². The van der Waals surface area contributed by atoms with E-state index in [1.807, 2.05) is 0 Å². The van der Waals surface area contributed by atoms with Crippen molar-refractivity contribution in [2.45, 2.75) is 53.1 Å². The Kier molecular flexibility index (Phi) is 7.20. The number of hydrogen-bond donors (Lipinski definition) is 1. The number of rotatable bonds is 7. The molecule has 0 saturated carbocycles. The van der Waals surface area contributed by atoms with Crippen LogP contribution in [-0.2, 0) is 0 Å². The van der Waals surface area contributed by atoms with Gasteiger partial charge < -0.3 is 5.32 Å². The lowest BCUT2D eigenvalue weighted by Crippen LogP contribution is -2.51. The highest BCUT2D eigenvalue weighted by atomic mass is 15.3. The number of nitrogens with zero attached hydrogens (tertiary/aromatic N) is 2. The third kappa shape index (κ3) is 5.25. The van der Waals surface area contributed by atoms with Gasteiger partial charge in [-0.3, -0.25) is 9.80 Å². The van der Waals surface area contributed by atoms with Crippen molar-refractivity contribution in [2.75, 3.05) is 39.3 Å². The van der Waals surface area contributed by atoms with Gasteiger partial charge >= 0.3 is 0 Å². The zero-order valence-electron chi connectivity index (χ0n) is 13.1. The van der Waals surface area contributed by atoms with Gasteiger partial charge in [0.05, 0.1) is 0 Å². The second-order valence-electron chi connectivity index (χ2n) is 6.12. The number of nitrogens with one attached hydrogen (secondary N) is 1. The first kappa shape index (κ1) is 15.9. The Labute approximate surface area is 114 Å². The number of piperazine rings is 1. The summed E-state index contributed by atoms with van der Waals surface area (Å²) in [7, 11) is 0. The van der Waals surface area contributed by atoms with Crippen LogP contribution >= 0.6 is 0 Å². The summed E-state index contributed by atoms with van der Waals surface area (Å²) in [4.78, 5) is 5.22. The van der Waals surface area contributed by atoms with Crippen LogP contribution < -0.4 is 5.32 Å². The maximum atomic E-state index is 3.62. The normalized spacial score (nSPS) is 22.3. The smallest absolute Gasteiger partial charge is 0.0113 e. The third-order valence-electron chi connectivity index (χ3n) is 4.52. The third-order valence-corrected chi connectivity index (χ3v) is 4.52. The minimum Gasteiger partial charge on any atom is -0.313 e. The predicted octanol–water partition coefficient (Wildman–Crippen LogP) is 2.04. The summed E-state index contributed by atoms with van der Waals surface area (Å²) in [6.45, 7) is 18.8. The lowest BCUT2D eigenvalue weighted by molar-refractivity contribution is 0.100. The monoisotopic (exact) mass is 255 g/mol. The highest BCUT2D eigenvalue weighted by molar-refractivity contribution is 4.76. The van der Waals surface area contributed by atoms with Crippen LogP contribution in [0.5, 0.6) is 0 Å². The molecule has 0 aromatic carbocycles. The fourth-order valence-corrected chi connectivity index (χ4v) is 2.37. The minimum atomic E-state index is 0.631. The molecule has 1 saturated heterocycles. The summed E-state index contributed by atoms with van der Waals surface area (Å²) < 4.78 is 0. The topological polar surface area (TPSA) is 18.5 Å². The van der Waals surface area contributed by atoms with Crippen LogP contribution in [0.4, 0.5) is 0 Å². The number of hydrogen-bond acceptors (Lipinski definition) is 3. The highest BCUT2D eigenvalue weighted by Gasteiger charge is 2.19. The molecule has 18 heavy (non-hydrogen) atoms. The first-order chi connectivity index (χ1) is 8.54. The molecule has 3 heteroatoms. The Balaban J connectivity index is 2.12. The van der Waals surface area contributed by atoms with Crippen molar-refractivity contribution >= 4 is 0 Å². The molecule has 1 aliphatic rings. The quantitative estimate of drug-likeness (QED) is 0.751. The fourth-order valence-electron chi connectivity index (χ4n) is 2.37. The van der Waals surface area contributed by atoms with E-state index in [1.54, 1.807) is 0 Å². The Bertz CT molecular complexity index is 210. The van der Waals surface area contributed by atoms with Crippen molar-refractivity contribution in [2.24, 2.45) is 5.92 Å². The van der Waals surface area contributed by atoms with E-state index >= 15 is 0 Å². The highest BCUT2D eigenvalue weighted by Crippen LogP contribution is 2.08. The van der Waals surface area contributed by atoms with Gasteiger partial charge in [-0.1, -0.05) is 20.8 Å². The Morgan fingerprint density at radius 1 is 1.00 bits per heavy atom. The molecule has 0 aromatic heterocycles.